The standard InChI is InChI=1S/C36H40N2O8S/c37-36(39)38-47(40,41)22-21-31-32(42-23-27-13-5-1-6-14-27)33(43-24-28-15-7-2-8-16-28)34(44-25-29-17-9-3-10-18-29)35(46-31)45-26-30-19-11-4-12-20-30/h1-20,31-35H,21-26H2,(H3,37,38,39)/t31-,32-,33+,34+,35?/m1/s1. The number of carbonyl (C=O) groups is 1. The van der Waals surface area contributed by atoms with Gasteiger partial charge in [-0.3, -0.25) is 0 Å². The molecular formula is C36H40N2O8S. The number of carbonyl (C=O) groups excluding carboxylic acids is 1. The van der Waals surface area contributed by atoms with Crippen LogP contribution in [0.3, 0.4) is 0 Å². The minimum atomic E-state index is -4.05. The lowest BCUT2D eigenvalue weighted by molar-refractivity contribution is -0.325. The van der Waals surface area contributed by atoms with Gasteiger partial charge in [0.1, 0.15) is 18.3 Å². The van der Waals surface area contributed by atoms with Crippen molar-refractivity contribution < 1.29 is 36.9 Å². The zero-order valence-corrected chi connectivity index (χ0v) is 26.7. The number of nitrogens with two attached hydrogens (primary N) is 1. The van der Waals surface area contributed by atoms with Crippen LogP contribution in [0.15, 0.2) is 121 Å². The summed E-state index contributed by atoms with van der Waals surface area (Å²) in [5.74, 6) is -0.446. The molecule has 5 rings (SSSR count). The molecule has 1 fully saturated rings. The lowest BCUT2D eigenvalue weighted by Crippen LogP contribution is -2.61. The van der Waals surface area contributed by atoms with Gasteiger partial charge in [-0.25, -0.2) is 17.9 Å². The molecule has 0 radical (unpaired) electrons. The van der Waals surface area contributed by atoms with E-state index in [1.165, 1.54) is 0 Å². The fourth-order valence-corrected chi connectivity index (χ4v) is 6.29. The molecule has 1 unspecified atom stereocenters. The first kappa shape index (κ1) is 34.2. The van der Waals surface area contributed by atoms with Gasteiger partial charge in [-0.2, -0.15) is 0 Å². The Morgan fingerprint density at radius 3 is 1.40 bits per heavy atom. The van der Waals surface area contributed by atoms with Crippen LogP contribution in [0.5, 0.6) is 0 Å². The molecule has 1 saturated heterocycles. The van der Waals surface area contributed by atoms with E-state index >= 15 is 0 Å². The lowest BCUT2D eigenvalue weighted by Gasteiger charge is -2.46. The van der Waals surface area contributed by atoms with Crippen molar-refractivity contribution in [3.63, 3.8) is 0 Å². The third-order valence-corrected chi connectivity index (χ3v) is 8.92. The van der Waals surface area contributed by atoms with E-state index in [1.54, 1.807) is 0 Å². The molecule has 248 valence electrons. The number of ether oxygens (including phenoxy) is 5. The fraction of sp³-hybridized carbons (Fsp3) is 0.306. The van der Waals surface area contributed by atoms with Crippen LogP contribution in [0.1, 0.15) is 28.7 Å². The number of nitrogens with one attached hydrogen (secondary N) is 1. The summed E-state index contributed by atoms with van der Waals surface area (Å²) in [6.45, 7) is 0.912. The SMILES string of the molecule is NC(=O)NS(=O)(=O)CC[C@H]1OC(OCc2ccccc2)[C@@H](OCc2ccccc2)[C@@H](OCc2ccccc2)[C@@H]1OCc1ccccc1. The molecule has 4 aromatic carbocycles. The van der Waals surface area contributed by atoms with Gasteiger partial charge < -0.3 is 29.4 Å². The van der Waals surface area contributed by atoms with Crippen LogP contribution >= 0.6 is 0 Å². The summed E-state index contributed by atoms with van der Waals surface area (Å²) < 4.78 is 59.8. The van der Waals surface area contributed by atoms with Gasteiger partial charge in [-0.05, 0) is 28.7 Å². The molecule has 0 aliphatic carbocycles. The molecular weight excluding hydrogens is 620 g/mol. The van der Waals surface area contributed by atoms with Crippen LogP contribution in [-0.4, -0.2) is 50.9 Å². The average Bonchev–Trinajstić information content (AvgIpc) is 3.09. The summed E-state index contributed by atoms with van der Waals surface area (Å²) in [7, 11) is -4.05. The van der Waals surface area contributed by atoms with E-state index < -0.39 is 52.5 Å². The Kier molecular flexibility index (Phi) is 12.5. The molecule has 4 aromatic rings. The fourth-order valence-electron chi connectivity index (χ4n) is 5.34. The largest absolute Gasteiger partial charge is 0.368 e. The highest BCUT2D eigenvalue weighted by atomic mass is 32.2. The third kappa shape index (κ3) is 10.7. The second-order valence-electron chi connectivity index (χ2n) is 11.2. The van der Waals surface area contributed by atoms with Gasteiger partial charge in [0.2, 0.25) is 10.0 Å². The van der Waals surface area contributed by atoms with Crippen LogP contribution in [0.2, 0.25) is 0 Å². The first-order chi connectivity index (χ1) is 22.9. The van der Waals surface area contributed by atoms with Crippen LogP contribution in [0.4, 0.5) is 4.79 Å². The summed E-state index contributed by atoms with van der Waals surface area (Å²) >= 11 is 0. The Bertz CT molecular complexity index is 1610. The van der Waals surface area contributed by atoms with Crippen molar-refractivity contribution in [1.29, 1.82) is 0 Å². The van der Waals surface area contributed by atoms with E-state index in [4.69, 9.17) is 29.4 Å². The highest BCUT2D eigenvalue weighted by Gasteiger charge is 2.49. The number of rotatable bonds is 16. The molecule has 3 N–H and O–H groups in total. The van der Waals surface area contributed by atoms with Crippen molar-refractivity contribution in [3.05, 3.63) is 144 Å². The van der Waals surface area contributed by atoms with E-state index in [2.05, 4.69) is 0 Å². The first-order valence-electron chi connectivity index (χ1n) is 15.4. The number of hydrogen-bond acceptors (Lipinski definition) is 8. The molecule has 1 aliphatic rings. The van der Waals surface area contributed by atoms with Gasteiger partial charge in [0.15, 0.2) is 6.29 Å². The van der Waals surface area contributed by atoms with Gasteiger partial charge in [0.05, 0.1) is 38.3 Å². The summed E-state index contributed by atoms with van der Waals surface area (Å²) in [6, 6.07) is 37.6. The number of sulfonamides is 1. The number of amides is 2. The minimum absolute atomic E-state index is 0.0378. The van der Waals surface area contributed by atoms with Crippen LogP contribution < -0.4 is 10.5 Å². The predicted molar refractivity (Wildman–Crippen MR) is 176 cm³/mol. The van der Waals surface area contributed by atoms with Crippen molar-refractivity contribution in [2.24, 2.45) is 5.73 Å². The Morgan fingerprint density at radius 2 is 0.979 bits per heavy atom. The minimum Gasteiger partial charge on any atom is -0.368 e. The summed E-state index contributed by atoms with van der Waals surface area (Å²) in [4.78, 5) is 11.4. The van der Waals surface area contributed by atoms with Gasteiger partial charge >= 0.3 is 6.03 Å². The lowest BCUT2D eigenvalue weighted by atomic mass is 9.96. The molecule has 1 aliphatic heterocycles. The Morgan fingerprint density at radius 1 is 0.596 bits per heavy atom. The zero-order valence-electron chi connectivity index (χ0n) is 25.9. The molecule has 47 heavy (non-hydrogen) atoms. The van der Waals surface area contributed by atoms with Crippen molar-refractivity contribution >= 4 is 16.1 Å². The molecule has 10 nitrogen and oxygen atoms in total. The van der Waals surface area contributed by atoms with Crippen molar-refractivity contribution in [2.45, 2.75) is 63.6 Å². The van der Waals surface area contributed by atoms with E-state index in [9.17, 15) is 13.2 Å². The molecule has 0 aromatic heterocycles. The maximum absolute atomic E-state index is 12.7. The monoisotopic (exact) mass is 660 g/mol. The van der Waals surface area contributed by atoms with E-state index in [0.717, 1.165) is 22.3 Å². The third-order valence-electron chi connectivity index (χ3n) is 7.63. The molecule has 0 saturated carbocycles. The van der Waals surface area contributed by atoms with Crippen molar-refractivity contribution in [1.82, 2.24) is 4.72 Å². The number of primary amides is 1. The number of urea groups is 1. The molecule has 5 atom stereocenters. The van der Waals surface area contributed by atoms with Gasteiger partial charge in [0.25, 0.3) is 0 Å². The second-order valence-corrected chi connectivity index (χ2v) is 13.0. The van der Waals surface area contributed by atoms with E-state index in [1.807, 2.05) is 126 Å². The van der Waals surface area contributed by atoms with Crippen LogP contribution in [0.25, 0.3) is 0 Å². The van der Waals surface area contributed by atoms with E-state index in [0.29, 0.717) is 0 Å². The van der Waals surface area contributed by atoms with E-state index in [-0.39, 0.29) is 32.8 Å². The molecule has 11 heteroatoms. The predicted octanol–water partition coefficient (Wildman–Crippen LogP) is 5.07. The molecule has 2 amide bonds. The second kappa shape index (κ2) is 17.2. The number of hydrogen-bond donors (Lipinski definition) is 2. The highest BCUT2D eigenvalue weighted by molar-refractivity contribution is 7.90. The summed E-state index contributed by atoms with van der Waals surface area (Å²) in [6.07, 6.45) is -4.09. The average molecular weight is 661 g/mol. The molecule has 1 heterocycles. The number of benzene rings is 4. The normalized spacial score (nSPS) is 21.2. The van der Waals surface area contributed by atoms with Gasteiger partial charge in [0, 0.05) is 0 Å². The van der Waals surface area contributed by atoms with Crippen LogP contribution in [0, 0.1) is 0 Å². The smallest absolute Gasteiger partial charge is 0.325 e. The first-order valence-corrected chi connectivity index (χ1v) is 17.1. The summed E-state index contributed by atoms with van der Waals surface area (Å²) in [5.41, 5.74) is 8.85. The summed E-state index contributed by atoms with van der Waals surface area (Å²) in [5, 5.41) is 0. The van der Waals surface area contributed by atoms with Crippen molar-refractivity contribution in [2.75, 3.05) is 5.75 Å². The highest BCUT2D eigenvalue weighted by Crippen LogP contribution is 2.33. The Labute approximate surface area is 275 Å². The van der Waals surface area contributed by atoms with Crippen molar-refractivity contribution in [3.8, 4) is 0 Å². The van der Waals surface area contributed by atoms with Gasteiger partial charge in [-0.1, -0.05) is 121 Å². The van der Waals surface area contributed by atoms with Gasteiger partial charge in [-0.15, -0.1) is 0 Å². The Hall–Kier alpha value is -4.10. The maximum atomic E-state index is 12.7. The topological polar surface area (TPSA) is 135 Å². The maximum Gasteiger partial charge on any atom is 0.325 e. The molecule has 0 spiro atoms. The Balaban J connectivity index is 1.48. The molecule has 0 bridgehead atoms. The quantitative estimate of drug-likeness (QED) is 0.170. The zero-order chi connectivity index (χ0) is 32.9. The van der Waals surface area contributed by atoms with Crippen LogP contribution in [-0.2, 0) is 60.1 Å².